The van der Waals surface area contributed by atoms with Crippen LogP contribution in [0.15, 0.2) is 0 Å². The average Bonchev–Trinajstić information content (AvgIpc) is 2.91. The van der Waals surface area contributed by atoms with Crippen LogP contribution in [0.2, 0.25) is 0 Å². The van der Waals surface area contributed by atoms with Gasteiger partial charge in [-0.2, -0.15) is 0 Å². The quantitative estimate of drug-likeness (QED) is 0.830. The van der Waals surface area contributed by atoms with Crippen LogP contribution >= 0.6 is 0 Å². The van der Waals surface area contributed by atoms with Gasteiger partial charge in [-0.25, -0.2) is 0 Å². The van der Waals surface area contributed by atoms with Crippen molar-refractivity contribution in [2.24, 2.45) is 40.9 Å². The van der Waals surface area contributed by atoms with Gasteiger partial charge in [0.25, 0.3) is 0 Å². The molecule has 4 fully saturated rings. The molecule has 0 aromatic rings. The first kappa shape index (κ1) is 18.0. The van der Waals surface area contributed by atoms with Crippen LogP contribution in [-0.4, -0.2) is 30.2 Å². The monoisotopic (exact) mass is 348 g/mol. The molecule has 0 spiro atoms. The fourth-order valence-corrected chi connectivity index (χ4v) is 8.03. The Balaban J connectivity index is 1.51. The van der Waals surface area contributed by atoms with Gasteiger partial charge >= 0.3 is 0 Å². The molecule has 1 unspecified atom stereocenters. The first-order chi connectivity index (χ1) is 11.9. The highest BCUT2D eigenvalue weighted by molar-refractivity contribution is 5.79. The van der Waals surface area contributed by atoms with Crippen LogP contribution in [0.4, 0.5) is 0 Å². The van der Waals surface area contributed by atoms with E-state index < -0.39 is 5.60 Å². The van der Waals surface area contributed by atoms with Crippen molar-refractivity contribution in [3.8, 4) is 0 Å². The maximum atomic E-state index is 12.2. The number of carbonyl (C=O) groups excluding carboxylic acids is 1. The third-order valence-electron chi connectivity index (χ3n) is 9.01. The predicted octanol–water partition coefficient (Wildman–Crippen LogP) is 4.22. The molecule has 3 heteroatoms. The van der Waals surface area contributed by atoms with Crippen molar-refractivity contribution < 1.29 is 14.6 Å². The average molecular weight is 349 g/mol. The van der Waals surface area contributed by atoms with E-state index in [4.69, 9.17) is 4.74 Å². The SMILES string of the molecule is COC[C@]1(O)CC[C@H]2[C@H](CCC3[C@@H]2CC[C@]2(C)[C@@H](C(C)=O)CC[C@@H]32)C1. The molecule has 0 saturated heterocycles. The van der Waals surface area contributed by atoms with Crippen molar-refractivity contribution in [2.75, 3.05) is 13.7 Å². The summed E-state index contributed by atoms with van der Waals surface area (Å²) in [5, 5.41) is 10.8. The summed E-state index contributed by atoms with van der Waals surface area (Å²) in [6.45, 7) is 4.74. The van der Waals surface area contributed by atoms with Crippen molar-refractivity contribution in [1.82, 2.24) is 0 Å². The number of fused-ring (bicyclic) bond motifs is 5. The zero-order valence-corrected chi connectivity index (χ0v) is 16.3. The Morgan fingerprint density at radius 2 is 1.80 bits per heavy atom. The highest BCUT2D eigenvalue weighted by Gasteiger charge is 2.58. The molecule has 4 aliphatic rings. The predicted molar refractivity (Wildman–Crippen MR) is 98.1 cm³/mol. The molecule has 0 aromatic carbocycles. The molecule has 1 N–H and O–H groups in total. The lowest BCUT2D eigenvalue weighted by Crippen LogP contribution is -2.52. The molecule has 4 rings (SSSR count). The van der Waals surface area contributed by atoms with Crippen LogP contribution in [0, 0.1) is 40.9 Å². The molecular formula is C22H36O3. The molecule has 4 aliphatic carbocycles. The summed E-state index contributed by atoms with van der Waals surface area (Å²) in [6, 6.07) is 0. The number of carbonyl (C=O) groups is 1. The Labute approximate surface area is 152 Å². The van der Waals surface area contributed by atoms with E-state index >= 15 is 0 Å². The maximum absolute atomic E-state index is 12.2. The van der Waals surface area contributed by atoms with Gasteiger partial charge in [0.15, 0.2) is 0 Å². The minimum Gasteiger partial charge on any atom is -0.387 e. The number of ketones is 1. The summed E-state index contributed by atoms with van der Waals surface area (Å²) >= 11 is 0. The second-order valence-electron chi connectivity index (χ2n) is 10.1. The van der Waals surface area contributed by atoms with Crippen LogP contribution in [0.1, 0.15) is 71.6 Å². The second-order valence-corrected chi connectivity index (χ2v) is 10.1. The third kappa shape index (κ3) is 2.81. The van der Waals surface area contributed by atoms with E-state index in [1.54, 1.807) is 7.11 Å². The highest BCUT2D eigenvalue weighted by Crippen LogP contribution is 2.64. The van der Waals surface area contributed by atoms with Gasteiger partial charge < -0.3 is 9.84 Å². The van der Waals surface area contributed by atoms with Crippen molar-refractivity contribution in [3.05, 3.63) is 0 Å². The molecular weight excluding hydrogens is 312 g/mol. The molecule has 0 bridgehead atoms. The first-order valence-corrected chi connectivity index (χ1v) is 10.6. The minimum absolute atomic E-state index is 0.269. The summed E-state index contributed by atoms with van der Waals surface area (Å²) in [7, 11) is 1.70. The number of Topliss-reactive ketones (excluding diaryl/α,β-unsaturated/α-hetero) is 1. The van der Waals surface area contributed by atoms with E-state index in [0.717, 1.165) is 42.9 Å². The lowest BCUT2D eigenvalue weighted by Gasteiger charge is -2.57. The van der Waals surface area contributed by atoms with E-state index in [2.05, 4.69) is 6.92 Å². The van der Waals surface area contributed by atoms with Gasteiger partial charge in [0.05, 0.1) is 12.2 Å². The number of hydrogen-bond donors (Lipinski definition) is 1. The van der Waals surface area contributed by atoms with E-state index in [9.17, 15) is 9.90 Å². The van der Waals surface area contributed by atoms with Crippen LogP contribution in [-0.2, 0) is 9.53 Å². The van der Waals surface area contributed by atoms with Gasteiger partial charge in [-0.1, -0.05) is 6.92 Å². The number of ether oxygens (including phenoxy) is 1. The van der Waals surface area contributed by atoms with Crippen LogP contribution in [0.5, 0.6) is 0 Å². The van der Waals surface area contributed by atoms with E-state index in [-0.39, 0.29) is 5.41 Å². The highest BCUT2D eigenvalue weighted by atomic mass is 16.5. The molecule has 8 atom stereocenters. The van der Waals surface area contributed by atoms with E-state index in [0.29, 0.717) is 24.2 Å². The number of rotatable bonds is 3. The van der Waals surface area contributed by atoms with Gasteiger partial charge in [-0.05, 0) is 99.7 Å². The van der Waals surface area contributed by atoms with Gasteiger partial charge in [0.2, 0.25) is 0 Å². The molecule has 0 amide bonds. The summed E-state index contributed by atoms with van der Waals surface area (Å²) in [5.41, 5.74) is -0.315. The third-order valence-corrected chi connectivity index (χ3v) is 9.01. The normalized spacial score (nSPS) is 52.2. The molecule has 4 saturated carbocycles. The van der Waals surface area contributed by atoms with E-state index in [1.807, 2.05) is 6.92 Å². The van der Waals surface area contributed by atoms with Gasteiger partial charge in [-0.3, -0.25) is 4.79 Å². The topological polar surface area (TPSA) is 46.5 Å². The van der Waals surface area contributed by atoms with Crippen LogP contribution in [0.3, 0.4) is 0 Å². The van der Waals surface area contributed by atoms with Crippen molar-refractivity contribution in [3.63, 3.8) is 0 Å². The van der Waals surface area contributed by atoms with Crippen LogP contribution < -0.4 is 0 Å². The summed E-state index contributed by atoms with van der Waals surface area (Å²) in [5.74, 6) is 4.67. The Hall–Kier alpha value is -0.410. The molecule has 25 heavy (non-hydrogen) atoms. The summed E-state index contributed by atoms with van der Waals surface area (Å²) < 4.78 is 5.29. The Morgan fingerprint density at radius 3 is 2.52 bits per heavy atom. The Bertz CT molecular complexity index is 531. The molecule has 0 aliphatic heterocycles. The number of methoxy groups -OCH3 is 1. The maximum Gasteiger partial charge on any atom is 0.133 e. The zero-order chi connectivity index (χ0) is 17.8. The lowest BCUT2D eigenvalue weighted by atomic mass is 9.49. The number of hydrogen-bond acceptors (Lipinski definition) is 3. The fraction of sp³-hybridized carbons (Fsp3) is 0.955. The van der Waals surface area contributed by atoms with Crippen molar-refractivity contribution in [1.29, 1.82) is 0 Å². The Kier molecular flexibility index (Phi) is 4.56. The second kappa shape index (κ2) is 6.34. The van der Waals surface area contributed by atoms with E-state index in [1.165, 1.54) is 38.5 Å². The first-order valence-electron chi connectivity index (χ1n) is 10.6. The fourth-order valence-electron chi connectivity index (χ4n) is 8.03. The Morgan fingerprint density at radius 1 is 1.04 bits per heavy atom. The number of aliphatic hydroxyl groups is 1. The molecule has 3 nitrogen and oxygen atoms in total. The summed E-state index contributed by atoms with van der Waals surface area (Å²) in [4.78, 5) is 12.2. The van der Waals surface area contributed by atoms with Gasteiger partial charge in [0.1, 0.15) is 5.78 Å². The molecule has 0 aromatic heterocycles. The summed E-state index contributed by atoms with van der Waals surface area (Å²) in [6.07, 6.45) is 10.6. The van der Waals surface area contributed by atoms with Gasteiger partial charge in [0, 0.05) is 13.0 Å². The van der Waals surface area contributed by atoms with Gasteiger partial charge in [-0.15, -0.1) is 0 Å². The molecule has 142 valence electrons. The lowest BCUT2D eigenvalue weighted by molar-refractivity contribution is -0.134. The smallest absolute Gasteiger partial charge is 0.133 e. The largest absolute Gasteiger partial charge is 0.387 e. The molecule has 0 heterocycles. The van der Waals surface area contributed by atoms with Crippen molar-refractivity contribution >= 4 is 5.78 Å². The van der Waals surface area contributed by atoms with Crippen LogP contribution in [0.25, 0.3) is 0 Å². The minimum atomic E-state index is -0.584. The molecule has 0 radical (unpaired) electrons. The standard InChI is InChI=1S/C22H36O3/c1-14(23)19-6-7-20-18-5-4-15-12-22(24,13-25-3)11-9-16(15)17(18)8-10-21(19,20)2/h15-20,24H,4-13H2,1-3H3/t15-,16+,17-,18?,19-,20+,21-,22+/m1/s1. The van der Waals surface area contributed by atoms with Crippen molar-refractivity contribution in [2.45, 2.75) is 77.2 Å². The zero-order valence-electron chi connectivity index (χ0n) is 16.3.